The first kappa shape index (κ1) is 15.4. The number of pyridine rings is 1. The molecule has 0 radical (unpaired) electrons. The van der Waals surface area contributed by atoms with E-state index in [1.165, 1.54) is 18.3 Å². The van der Waals surface area contributed by atoms with E-state index in [9.17, 15) is 8.42 Å². The first-order chi connectivity index (χ1) is 8.28. The number of hydrogen-bond acceptors (Lipinski definition) is 4. The fourth-order valence-corrected chi connectivity index (χ4v) is 3.01. The van der Waals surface area contributed by atoms with Gasteiger partial charge in [-0.1, -0.05) is 11.6 Å². The molecule has 0 bridgehead atoms. The minimum atomic E-state index is -3.67. The predicted molar refractivity (Wildman–Crippen MR) is 70.1 cm³/mol. The van der Waals surface area contributed by atoms with Crippen molar-refractivity contribution < 1.29 is 13.2 Å². The number of nitrogens with zero attached hydrogens (tertiary/aromatic N) is 1. The lowest BCUT2D eigenvalue weighted by Crippen LogP contribution is -2.40. The van der Waals surface area contributed by atoms with Gasteiger partial charge in [0.1, 0.15) is 10.0 Å². The average molecular weight is 293 g/mol. The molecule has 0 saturated heterocycles. The van der Waals surface area contributed by atoms with Crippen LogP contribution in [0.5, 0.6) is 0 Å². The van der Waals surface area contributed by atoms with Gasteiger partial charge in [-0.15, -0.1) is 0 Å². The number of halogens is 1. The molecule has 5 nitrogen and oxygen atoms in total. The zero-order valence-electron chi connectivity index (χ0n) is 10.6. The van der Waals surface area contributed by atoms with E-state index in [2.05, 4.69) is 9.71 Å². The van der Waals surface area contributed by atoms with Crippen molar-refractivity contribution in [3.63, 3.8) is 0 Å². The van der Waals surface area contributed by atoms with Crippen LogP contribution in [0.2, 0.25) is 5.15 Å². The largest absolute Gasteiger partial charge is 0.375 e. The highest BCUT2D eigenvalue weighted by Crippen LogP contribution is 2.18. The minimum Gasteiger partial charge on any atom is -0.375 e. The maximum atomic E-state index is 12.0. The Kier molecular flexibility index (Phi) is 5.10. The standard InChI is InChI=1S/C11H17ClN2O3S/c1-4-17-11(2,3)8-14-18(15,16)9-6-5-7-13-10(9)12/h5-7,14H,4,8H2,1-3H3. The highest BCUT2D eigenvalue weighted by molar-refractivity contribution is 7.89. The molecule has 0 fully saturated rings. The van der Waals surface area contributed by atoms with Crippen LogP contribution in [-0.2, 0) is 14.8 Å². The molecule has 1 aromatic heterocycles. The van der Waals surface area contributed by atoms with E-state index in [0.29, 0.717) is 6.61 Å². The van der Waals surface area contributed by atoms with Crippen LogP contribution < -0.4 is 4.72 Å². The van der Waals surface area contributed by atoms with Gasteiger partial charge in [-0.25, -0.2) is 18.1 Å². The summed E-state index contributed by atoms with van der Waals surface area (Å²) in [5.41, 5.74) is -0.573. The van der Waals surface area contributed by atoms with Crippen LogP contribution in [-0.4, -0.2) is 32.2 Å². The smallest absolute Gasteiger partial charge is 0.243 e. The Hall–Kier alpha value is -0.690. The molecule has 0 amide bonds. The van der Waals surface area contributed by atoms with E-state index in [0.717, 1.165) is 0 Å². The summed E-state index contributed by atoms with van der Waals surface area (Å²) in [6.45, 7) is 6.15. The molecule has 1 heterocycles. The second-order valence-corrected chi connectivity index (χ2v) is 6.40. The Balaban J connectivity index is 2.81. The van der Waals surface area contributed by atoms with Gasteiger partial charge in [-0.05, 0) is 32.9 Å². The Labute approximate surface area is 113 Å². The lowest BCUT2D eigenvalue weighted by atomic mass is 10.1. The lowest BCUT2D eigenvalue weighted by molar-refractivity contribution is -0.00515. The molecule has 0 aromatic carbocycles. The molecule has 1 aromatic rings. The van der Waals surface area contributed by atoms with Crippen LogP contribution in [0.25, 0.3) is 0 Å². The summed E-state index contributed by atoms with van der Waals surface area (Å²) in [4.78, 5) is 3.71. The van der Waals surface area contributed by atoms with Crippen LogP contribution in [0.4, 0.5) is 0 Å². The Morgan fingerprint density at radius 2 is 2.17 bits per heavy atom. The summed E-state index contributed by atoms with van der Waals surface area (Å²) >= 11 is 5.76. The van der Waals surface area contributed by atoms with E-state index in [-0.39, 0.29) is 16.6 Å². The molecule has 1 rings (SSSR count). The topological polar surface area (TPSA) is 68.3 Å². The summed E-state index contributed by atoms with van der Waals surface area (Å²) in [5, 5.41) is -0.0424. The lowest BCUT2D eigenvalue weighted by Gasteiger charge is -2.24. The number of rotatable bonds is 6. The molecule has 0 unspecified atom stereocenters. The van der Waals surface area contributed by atoms with E-state index >= 15 is 0 Å². The maximum absolute atomic E-state index is 12.0. The van der Waals surface area contributed by atoms with Crippen molar-refractivity contribution >= 4 is 21.6 Å². The van der Waals surface area contributed by atoms with Crippen LogP contribution in [0.15, 0.2) is 23.2 Å². The summed E-state index contributed by atoms with van der Waals surface area (Å²) in [5.74, 6) is 0. The van der Waals surface area contributed by atoms with Crippen molar-refractivity contribution in [2.45, 2.75) is 31.3 Å². The minimum absolute atomic E-state index is 0.0287. The molecule has 0 atom stereocenters. The number of nitrogens with one attached hydrogen (secondary N) is 1. The van der Waals surface area contributed by atoms with Gasteiger partial charge < -0.3 is 4.74 Å². The zero-order valence-corrected chi connectivity index (χ0v) is 12.2. The first-order valence-corrected chi connectivity index (χ1v) is 7.39. The normalized spacial score (nSPS) is 12.7. The summed E-state index contributed by atoms with van der Waals surface area (Å²) in [6, 6.07) is 2.93. The molecular weight excluding hydrogens is 276 g/mol. The Morgan fingerprint density at radius 1 is 1.50 bits per heavy atom. The van der Waals surface area contributed by atoms with E-state index in [1.54, 1.807) is 0 Å². The van der Waals surface area contributed by atoms with E-state index in [4.69, 9.17) is 16.3 Å². The second kappa shape index (κ2) is 5.97. The fraction of sp³-hybridized carbons (Fsp3) is 0.545. The van der Waals surface area contributed by atoms with Gasteiger partial charge in [0, 0.05) is 19.3 Å². The van der Waals surface area contributed by atoms with Crippen LogP contribution in [0, 0.1) is 0 Å². The number of ether oxygens (including phenoxy) is 1. The Morgan fingerprint density at radius 3 is 2.72 bits per heavy atom. The van der Waals surface area contributed by atoms with Crippen LogP contribution >= 0.6 is 11.6 Å². The molecule has 1 N–H and O–H groups in total. The second-order valence-electron chi connectivity index (χ2n) is 4.31. The monoisotopic (exact) mass is 292 g/mol. The zero-order chi connectivity index (χ0) is 13.8. The van der Waals surface area contributed by atoms with E-state index < -0.39 is 15.6 Å². The Bertz CT molecular complexity index is 503. The van der Waals surface area contributed by atoms with Crippen molar-refractivity contribution in [1.29, 1.82) is 0 Å². The average Bonchev–Trinajstić information content (AvgIpc) is 2.27. The SMILES string of the molecule is CCOC(C)(C)CNS(=O)(=O)c1cccnc1Cl. The summed E-state index contributed by atoms with van der Waals surface area (Å²) in [7, 11) is -3.67. The highest BCUT2D eigenvalue weighted by atomic mass is 35.5. The first-order valence-electron chi connectivity index (χ1n) is 5.52. The predicted octanol–water partition coefficient (Wildman–Crippen LogP) is 1.83. The van der Waals surface area contributed by atoms with Crippen molar-refractivity contribution in [2.24, 2.45) is 0 Å². The molecule has 18 heavy (non-hydrogen) atoms. The molecular formula is C11H17ClN2O3S. The van der Waals surface area contributed by atoms with Crippen molar-refractivity contribution in [2.75, 3.05) is 13.2 Å². The van der Waals surface area contributed by atoms with Gasteiger partial charge in [-0.2, -0.15) is 0 Å². The molecule has 0 aliphatic heterocycles. The molecule has 0 saturated carbocycles. The molecule has 102 valence electrons. The highest BCUT2D eigenvalue weighted by Gasteiger charge is 2.24. The summed E-state index contributed by atoms with van der Waals surface area (Å²) in [6.07, 6.45) is 1.44. The quantitative estimate of drug-likeness (QED) is 0.812. The number of aromatic nitrogens is 1. The van der Waals surface area contributed by atoms with Gasteiger partial charge in [0.2, 0.25) is 10.0 Å². The fourth-order valence-electron chi connectivity index (χ4n) is 1.36. The van der Waals surface area contributed by atoms with Gasteiger partial charge >= 0.3 is 0 Å². The number of sulfonamides is 1. The maximum Gasteiger partial charge on any atom is 0.243 e. The van der Waals surface area contributed by atoms with Gasteiger partial charge in [0.15, 0.2) is 0 Å². The number of hydrogen-bond donors (Lipinski definition) is 1. The molecule has 7 heteroatoms. The van der Waals surface area contributed by atoms with Crippen LogP contribution in [0.3, 0.4) is 0 Å². The van der Waals surface area contributed by atoms with Gasteiger partial charge in [-0.3, -0.25) is 0 Å². The van der Waals surface area contributed by atoms with Crippen molar-refractivity contribution in [3.05, 3.63) is 23.5 Å². The molecule has 0 spiro atoms. The molecule has 0 aliphatic carbocycles. The van der Waals surface area contributed by atoms with Crippen LogP contribution in [0.1, 0.15) is 20.8 Å². The third kappa shape index (κ3) is 4.20. The van der Waals surface area contributed by atoms with Gasteiger partial charge in [0.25, 0.3) is 0 Å². The molecule has 0 aliphatic rings. The van der Waals surface area contributed by atoms with Crippen molar-refractivity contribution in [3.8, 4) is 0 Å². The van der Waals surface area contributed by atoms with E-state index in [1.807, 2.05) is 20.8 Å². The third-order valence-electron chi connectivity index (χ3n) is 2.24. The van der Waals surface area contributed by atoms with Crippen molar-refractivity contribution in [1.82, 2.24) is 9.71 Å². The third-order valence-corrected chi connectivity index (χ3v) is 4.08. The van der Waals surface area contributed by atoms with Gasteiger partial charge in [0.05, 0.1) is 5.60 Å². The summed E-state index contributed by atoms with van der Waals surface area (Å²) < 4.78 is 31.9.